The zero-order valence-electron chi connectivity index (χ0n) is 15.5. The number of piperidine rings is 1. The van der Waals surface area contributed by atoms with Crippen molar-refractivity contribution in [3.63, 3.8) is 0 Å². The Morgan fingerprint density at radius 3 is 2.89 bits per heavy atom. The summed E-state index contributed by atoms with van der Waals surface area (Å²) in [4.78, 5) is 16.9. The van der Waals surface area contributed by atoms with Crippen molar-refractivity contribution >= 4 is 5.91 Å². The number of carbonyl (C=O) groups excluding carboxylic acids is 1. The van der Waals surface area contributed by atoms with E-state index in [9.17, 15) is 13.6 Å². The number of nitrogens with one attached hydrogen (secondary N) is 1. The molecule has 0 radical (unpaired) electrons. The number of aryl methyl sites for hydroxylation is 1. The molecule has 1 aromatic carbocycles. The van der Waals surface area contributed by atoms with Crippen LogP contribution in [0.15, 0.2) is 24.4 Å². The van der Waals surface area contributed by atoms with Gasteiger partial charge in [-0.1, -0.05) is 12.1 Å². The van der Waals surface area contributed by atoms with E-state index in [4.69, 9.17) is 0 Å². The predicted molar refractivity (Wildman–Crippen MR) is 97.1 cm³/mol. The van der Waals surface area contributed by atoms with Gasteiger partial charge in [-0.3, -0.25) is 14.8 Å². The molecule has 1 spiro atoms. The number of hydrogen-bond acceptors (Lipinski definition) is 3. The maximum Gasteiger partial charge on any atom is 0.257 e. The molecule has 2 aliphatic rings. The predicted octanol–water partition coefficient (Wildman–Crippen LogP) is 3.12. The Balaban J connectivity index is 1.44. The molecule has 0 saturated carbocycles. The monoisotopic (exact) mass is 374 g/mol. The molecule has 1 unspecified atom stereocenters. The van der Waals surface area contributed by atoms with Gasteiger partial charge in [0.05, 0.1) is 11.8 Å². The highest BCUT2D eigenvalue weighted by molar-refractivity contribution is 5.95. The van der Waals surface area contributed by atoms with E-state index in [1.807, 2.05) is 11.8 Å². The second kappa shape index (κ2) is 7.03. The fraction of sp³-hybridized carbons (Fsp3) is 0.500. The van der Waals surface area contributed by atoms with Gasteiger partial charge in [-0.15, -0.1) is 0 Å². The van der Waals surface area contributed by atoms with E-state index in [-0.39, 0.29) is 11.3 Å². The number of likely N-dealkylation sites (tertiary alicyclic amines) is 2. The summed E-state index contributed by atoms with van der Waals surface area (Å²) in [7, 11) is 0. The standard InChI is InChI=1S/C20H24F2N4O/c1-14-16(10-23-24-14)19(27)26-9-7-20(13-26)6-3-8-25(12-20)11-15-4-2-5-17(21)18(15)22/h2,4-5,10H,3,6-9,11-13H2,1H3,(H,23,24). The number of benzene rings is 1. The Morgan fingerprint density at radius 1 is 1.26 bits per heavy atom. The molecule has 7 heteroatoms. The number of aromatic nitrogens is 2. The fourth-order valence-corrected chi connectivity index (χ4v) is 4.53. The molecule has 3 heterocycles. The molecule has 5 nitrogen and oxygen atoms in total. The van der Waals surface area contributed by atoms with E-state index in [1.165, 1.54) is 0 Å². The van der Waals surface area contributed by atoms with Crippen LogP contribution in [0, 0.1) is 24.0 Å². The number of aromatic amines is 1. The molecule has 4 rings (SSSR count). The second-order valence-corrected chi connectivity index (χ2v) is 7.91. The highest BCUT2D eigenvalue weighted by Crippen LogP contribution is 2.40. The Labute approximate surface area is 157 Å². The van der Waals surface area contributed by atoms with Crippen LogP contribution in [0.1, 0.15) is 40.9 Å². The maximum absolute atomic E-state index is 14.0. The van der Waals surface area contributed by atoms with Crippen LogP contribution in [-0.4, -0.2) is 52.1 Å². The minimum Gasteiger partial charge on any atom is -0.338 e. The summed E-state index contributed by atoms with van der Waals surface area (Å²) in [6.07, 6.45) is 4.59. The first kappa shape index (κ1) is 18.1. The smallest absolute Gasteiger partial charge is 0.257 e. The molecule has 1 atom stereocenters. The summed E-state index contributed by atoms with van der Waals surface area (Å²) in [5, 5.41) is 6.76. The van der Waals surface area contributed by atoms with Gasteiger partial charge in [0.1, 0.15) is 0 Å². The normalized spacial score (nSPS) is 23.3. The lowest BCUT2D eigenvalue weighted by molar-refractivity contribution is 0.0672. The van der Waals surface area contributed by atoms with Crippen molar-refractivity contribution in [3.8, 4) is 0 Å². The van der Waals surface area contributed by atoms with E-state index in [1.54, 1.807) is 18.3 Å². The lowest BCUT2D eigenvalue weighted by Crippen LogP contribution is -2.45. The maximum atomic E-state index is 14.0. The third-order valence-electron chi connectivity index (χ3n) is 5.95. The first-order valence-electron chi connectivity index (χ1n) is 9.42. The summed E-state index contributed by atoms with van der Waals surface area (Å²) < 4.78 is 27.5. The fourth-order valence-electron chi connectivity index (χ4n) is 4.53. The van der Waals surface area contributed by atoms with E-state index in [0.717, 1.165) is 50.7 Å². The summed E-state index contributed by atoms with van der Waals surface area (Å²) in [6.45, 7) is 5.36. The summed E-state index contributed by atoms with van der Waals surface area (Å²) in [5.41, 5.74) is 1.84. The highest BCUT2D eigenvalue weighted by Gasteiger charge is 2.43. The Morgan fingerprint density at radius 2 is 2.11 bits per heavy atom. The third-order valence-corrected chi connectivity index (χ3v) is 5.95. The van der Waals surface area contributed by atoms with Gasteiger partial charge in [-0.2, -0.15) is 5.10 Å². The van der Waals surface area contributed by atoms with E-state index in [2.05, 4.69) is 15.1 Å². The van der Waals surface area contributed by atoms with Crippen LogP contribution in [0.3, 0.4) is 0 Å². The molecule has 2 aliphatic heterocycles. The lowest BCUT2D eigenvalue weighted by Gasteiger charge is -2.40. The number of H-pyrrole nitrogens is 1. The molecule has 0 bridgehead atoms. The molecule has 1 N–H and O–H groups in total. The minimum absolute atomic E-state index is 0.0198. The number of nitrogens with zero attached hydrogens (tertiary/aromatic N) is 3. The van der Waals surface area contributed by atoms with Gasteiger partial charge in [0.2, 0.25) is 0 Å². The van der Waals surface area contributed by atoms with Crippen molar-refractivity contribution in [3.05, 3.63) is 52.9 Å². The second-order valence-electron chi connectivity index (χ2n) is 7.91. The van der Waals surface area contributed by atoms with Crippen LogP contribution in [0.5, 0.6) is 0 Å². The van der Waals surface area contributed by atoms with Gasteiger partial charge in [-0.25, -0.2) is 8.78 Å². The molecule has 0 aliphatic carbocycles. The molecular formula is C20H24F2N4O. The molecule has 1 amide bonds. The van der Waals surface area contributed by atoms with Gasteiger partial charge in [0.25, 0.3) is 5.91 Å². The first-order valence-corrected chi connectivity index (χ1v) is 9.42. The quantitative estimate of drug-likeness (QED) is 0.898. The largest absolute Gasteiger partial charge is 0.338 e. The molecular weight excluding hydrogens is 350 g/mol. The van der Waals surface area contributed by atoms with Crippen molar-refractivity contribution < 1.29 is 13.6 Å². The number of halogens is 2. The van der Waals surface area contributed by atoms with Crippen LogP contribution in [0.2, 0.25) is 0 Å². The Hall–Kier alpha value is -2.28. The van der Waals surface area contributed by atoms with Crippen molar-refractivity contribution in [1.82, 2.24) is 20.0 Å². The van der Waals surface area contributed by atoms with Crippen molar-refractivity contribution in [1.29, 1.82) is 0 Å². The number of rotatable bonds is 3. The molecule has 144 valence electrons. The molecule has 2 fully saturated rings. The number of hydrogen-bond donors (Lipinski definition) is 1. The van der Waals surface area contributed by atoms with Crippen LogP contribution in [0.4, 0.5) is 8.78 Å². The average Bonchev–Trinajstić information content (AvgIpc) is 3.25. The van der Waals surface area contributed by atoms with Crippen LogP contribution in [0.25, 0.3) is 0 Å². The average molecular weight is 374 g/mol. The van der Waals surface area contributed by atoms with Gasteiger partial charge in [-0.05, 0) is 38.8 Å². The van der Waals surface area contributed by atoms with Crippen LogP contribution >= 0.6 is 0 Å². The SMILES string of the molecule is Cc1[nH]ncc1C(=O)N1CCC2(CCCN(Cc3cccc(F)c3F)C2)C1. The van der Waals surface area contributed by atoms with Crippen molar-refractivity contribution in [2.45, 2.75) is 32.7 Å². The van der Waals surface area contributed by atoms with Gasteiger partial charge in [0.15, 0.2) is 11.6 Å². The Bertz CT molecular complexity index is 852. The molecule has 1 aromatic heterocycles. The zero-order valence-corrected chi connectivity index (χ0v) is 15.5. The van der Waals surface area contributed by atoms with E-state index < -0.39 is 11.6 Å². The van der Waals surface area contributed by atoms with E-state index in [0.29, 0.717) is 24.2 Å². The van der Waals surface area contributed by atoms with Crippen LogP contribution < -0.4 is 0 Å². The van der Waals surface area contributed by atoms with Gasteiger partial charge < -0.3 is 4.90 Å². The van der Waals surface area contributed by atoms with Crippen molar-refractivity contribution in [2.75, 3.05) is 26.2 Å². The van der Waals surface area contributed by atoms with Crippen LogP contribution in [-0.2, 0) is 6.54 Å². The molecule has 2 aromatic rings. The van der Waals surface area contributed by atoms with Gasteiger partial charge >= 0.3 is 0 Å². The van der Waals surface area contributed by atoms with Crippen molar-refractivity contribution in [2.24, 2.45) is 5.41 Å². The lowest BCUT2D eigenvalue weighted by atomic mass is 9.79. The van der Waals surface area contributed by atoms with Gasteiger partial charge in [0, 0.05) is 42.9 Å². The first-order chi connectivity index (χ1) is 13.0. The molecule has 2 saturated heterocycles. The zero-order chi connectivity index (χ0) is 19.0. The Kier molecular flexibility index (Phi) is 4.72. The summed E-state index contributed by atoms with van der Waals surface area (Å²) in [5.74, 6) is -1.53. The van der Waals surface area contributed by atoms with E-state index >= 15 is 0 Å². The summed E-state index contributed by atoms with van der Waals surface area (Å²) in [6, 6.07) is 4.34. The third kappa shape index (κ3) is 3.48. The number of carbonyl (C=O) groups is 1. The minimum atomic E-state index is -0.799. The topological polar surface area (TPSA) is 52.2 Å². The summed E-state index contributed by atoms with van der Waals surface area (Å²) >= 11 is 0. The number of amides is 1. The highest BCUT2D eigenvalue weighted by atomic mass is 19.2. The molecule has 27 heavy (non-hydrogen) atoms.